The fourth-order valence-corrected chi connectivity index (χ4v) is 1.56. The van der Waals surface area contributed by atoms with Crippen LogP contribution in [0, 0.1) is 0 Å². The van der Waals surface area contributed by atoms with Crippen molar-refractivity contribution < 1.29 is 19.4 Å². The van der Waals surface area contributed by atoms with Gasteiger partial charge in [-0.1, -0.05) is 0 Å². The lowest BCUT2D eigenvalue weighted by Crippen LogP contribution is -2.49. The van der Waals surface area contributed by atoms with Crippen molar-refractivity contribution >= 4 is 18.3 Å². The van der Waals surface area contributed by atoms with E-state index in [-0.39, 0.29) is 24.9 Å². The number of methoxy groups -OCH3 is 2. The van der Waals surface area contributed by atoms with E-state index in [1.165, 1.54) is 14.2 Å². The molecule has 0 radical (unpaired) electrons. The molecule has 0 bridgehead atoms. The topological polar surface area (TPSA) is 93.8 Å². The minimum absolute atomic E-state index is 0. The largest absolute Gasteiger partial charge is 0.497 e. The summed E-state index contributed by atoms with van der Waals surface area (Å²) in [6, 6.07) is 5.08. The van der Waals surface area contributed by atoms with Gasteiger partial charge >= 0.3 is 0 Å². The number of halogens is 1. The van der Waals surface area contributed by atoms with E-state index in [9.17, 15) is 9.90 Å². The SMILES string of the molecule is COc1cc(OC)cc(C(O)CNC(=O)C(C)(C)N)c1.Cl. The third-order valence-electron chi connectivity index (χ3n) is 2.80. The summed E-state index contributed by atoms with van der Waals surface area (Å²) in [6.07, 6.45) is -0.870. The van der Waals surface area contributed by atoms with Crippen LogP contribution < -0.4 is 20.5 Å². The zero-order valence-corrected chi connectivity index (χ0v) is 13.5. The number of aliphatic hydroxyl groups excluding tert-OH is 1. The van der Waals surface area contributed by atoms with E-state index < -0.39 is 11.6 Å². The predicted molar refractivity (Wildman–Crippen MR) is 83.0 cm³/mol. The van der Waals surface area contributed by atoms with Gasteiger partial charge in [-0.3, -0.25) is 4.79 Å². The van der Waals surface area contributed by atoms with Crippen molar-refractivity contribution in [1.82, 2.24) is 5.32 Å². The zero-order chi connectivity index (χ0) is 15.3. The van der Waals surface area contributed by atoms with Gasteiger partial charge in [-0.05, 0) is 31.5 Å². The van der Waals surface area contributed by atoms with E-state index in [0.717, 1.165) is 0 Å². The van der Waals surface area contributed by atoms with Crippen LogP contribution in [-0.2, 0) is 4.79 Å². The Balaban J connectivity index is 0.00000400. The molecule has 6 nitrogen and oxygen atoms in total. The van der Waals surface area contributed by atoms with E-state index >= 15 is 0 Å². The minimum Gasteiger partial charge on any atom is -0.497 e. The van der Waals surface area contributed by atoms with Crippen LogP contribution in [0.25, 0.3) is 0 Å². The second-order valence-electron chi connectivity index (χ2n) is 5.09. The molecule has 0 aromatic heterocycles. The van der Waals surface area contributed by atoms with E-state index in [1.54, 1.807) is 32.0 Å². The lowest BCUT2D eigenvalue weighted by atomic mass is 10.1. The average Bonchev–Trinajstić information content (AvgIpc) is 2.42. The van der Waals surface area contributed by atoms with Crippen LogP contribution in [0.5, 0.6) is 11.5 Å². The highest BCUT2D eigenvalue weighted by molar-refractivity contribution is 5.85. The van der Waals surface area contributed by atoms with Crippen molar-refractivity contribution in [2.24, 2.45) is 5.73 Å². The van der Waals surface area contributed by atoms with Crippen LogP contribution in [0.2, 0.25) is 0 Å². The summed E-state index contributed by atoms with van der Waals surface area (Å²) in [6.45, 7) is 3.27. The quantitative estimate of drug-likeness (QED) is 0.728. The number of rotatable bonds is 6. The van der Waals surface area contributed by atoms with E-state index in [1.807, 2.05) is 0 Å². The second-order valence-corrected chi connectivity index (χ2v) is 5.09. The van der Waals surface area contributed by atoms with Crippen molar-refractivity contribution in [2.75, 3.05) is 20.8 Å². The Morgan fingerprint density at radius 2 is 1.76 bits per heavy atom. The fourth-order valence-electron chi connectivity index (χ4n) is 1.56. The van der Waals surface area contributed by atoms with Crippen molar-refractivity contribution in [3.63, 3.8) is 0 Å². The Morgan fingerprint density at radius 3 is 2.14 bits per heavy atom. The second kappa shape index (κ2) is 8.07. The molecule has 7 heteroatoms. The summed E-state index contributed by atoms with van der Waals surface area (Å²) in [5.74, 6) is 0.819. The van der Waals surface area contributed by atoms with Gasteiger partial charge in [0, 0.05) is 12.6 Å². The first kappa shape index (κ1) is 19.5. The highest BCUT2D eigenvalue weighted by Crippen LogP contribution is 2.26. The molecule has 0 aliphatic carbocycles. The first-order valence-electron chi connectivity index (χ1n) is 6.26. The van der Waals surface area contributed by atoms with Gasteiger partial charge in [-0.15, -0.1) is 12.4 Å². The van der Waals surface area contributed by atoms with Crippen LogP contribution in [0.4, 0.5) is 0 Å². The van der Waals surface area contributed by atoms with E-state index in [0.29, 0.717) is 17.1 Å². The third-order valence-corrected chi connectivity index (χ3v) is 2.80. The molecule has 0 heterocycles. The Morgan fingerprint density at radius 1 is 1.29 bits per heavy atom. The summed E-state index contributed by atoms with van der Waals surface area (Å²) < 4.78 is 10.3. The molecule has 4 N–H and O–H groups in total. The van der Waals surface area contributed by atoms with Gasteiger partial charge < -0.3 is 25.6 Å². The number of amides is 1. The molecule has 0 saturated carbocycles. The Labute approximate surface area is 131 Å². The van der Waals surface area contributed by atoms with Gasteiger partial charge in [0.15, 0.2) is 0 Å². The summed E-state index contributed by atoms with van der Waals surface area (Å²) in [4.78, 5) is 11.6. The van der Waals surface area contributed by atoms with E-state index in [4.69, 9.17) is 15.2 Å². The number of aliphatic hydroxyl groups is 1. The Bertz CT molecular complexity index is 452. The maximum absolute atomic E-state index is 11.6. The van der Waals surface area contributed by atoms with Crippen LogP contribution >= 0.6 is 12.4 Å². The number of carbonyl (C=O) groups excluding carboxylic acids is 1. The van der Waals surface area contributed by atoms with Crippen molar-refractivity contribution in [3.05, 3.63) is 23.8 Å². The van der Waals surface area contributed by atoms with E-state index in [2.05, 4.69) is 5.32 Å². The van der Waals surface area contributed by atoms with Gasteiger partial charge in [-0.25, -0.2) is 0 Å². The van der Waals surface area contributed by atoms with Gasteiger partial charge in [-0.2, -0.15) is 0 Å². The highest BCUT2D eigenvalue weighted by atomic mass is 35.5. The normalized spacial score (nSPS) is 12.1. The molecule has 0 aliphatic rings. The van der Waals surface area contributed by atoms with Gasteiger partial charge in [0.25, 0.3) is 0 Å². The zero-order valence-electron chi connectivity index (χ0n) is 12.7. The number of hydrogen-bond acceptors (Lipinski definition) is 5. The van der Waals surface area contributed by atoms with Crippen LogP contribution in [0.15, 0.2) is 18.2 Å². The lowest BCUT2D eigenvalue weighted by Gasteiger charge is -2.20. The molecule has 0 aliphatic heterocycles. The summed E-state index contributed by atoms with van der Waals surface area (Å²) in [7, 11) is 3.06. The number of hydrogen-bond donors (Lipinski definition) is 3. The van der Waals surface area contributed by atoms with Gasteiger partial charge in [0.05, 0.1) is 25.9 Å². The molecule has 1 unspecified atom stereocenters. The van der Waals surface area contributed by atoms with Crippen LogP contribution in [0.1, 0.15) is 25.5 Å². The molecular formula is C14H23ClN2O4. The monoisotopic (exact) mass is 318 g/mol. The van der Waals surface area contributed by atoms with Gasteiger partial charge in [0.1, 0.15) is 11.5 Å². The number of benzene rings is 1. The molecule has 120 valence electrons. The van der Waals surface area contributed by atoms with Crippen molar-refractivity contribution in [1.29, 1.82) is 0 Å². The predicted octanol–water partition coefficient (Wildman–Crippen LogP) is 1.01. The molecule has 21 heavy (non-hydrogen) atoms. The molecule has 1 rings (SSSR count). The lowest BCUT2D eigenvalue weighted by molar-refractivity contribution is -0.125. The van der Waals surface area contributed by atoms with Crippen LogP contribution in [-0.4, -0.2) is 37.3 Å². The Hall–Kier alpha value is -1.50. The maximum atomic E-state index is 11.6. The first-order chi connectivity index (χ1) is 9.27. The highest BCUT2D eigenvalue weighted by Gasteiger charge is 2.22. The maximum Gasteiger partial charge on any atom is 0.239 e. The molecule has 0 spiro atoms. The fraction of sp³-hybridized carbons (Fsp3) is 0.500. The van der Waals surface area contributed by atoms with Crippen molar-refractivity contribution in [3.8, 4) is 11.5 Å². The Kier molecular flexibility index (Phi) is 7.49. The van der Waals surface area contributed by atoms with Crippen molar-refractivity contribution in [2.45, 2.75) is 25.5 Å². The van der Waals surface area contributed by atoms with Crippen LogP contribution in [0.3, 0.4) is 0 Å². The number of carbonyl (C=O) groups is 1. The van der Waals surface area contributed by atoms with Gasteiger partial charge in [0.2, 0.25) is 5.91 Å². The summed E-state index contributed by atoms with van der Waals surface area (Å²) in [5.41, 5.74) is 5.27. The molecular weight excluding hydrogens is 296 g/mol. The molecule has 1 aromatic carbocycles. The minimum atomic E-state index is -0.980. The average molecular weight is 319 g/mol. The summed E-state index contributed by atoms with van der Waals surface area (Å²) >= 11 is 0. The third kappa shape index (κ3) is 5.79. The summed E-state index contributed by atoms with van der Waals surface area (Å²) in [5, 5.41) is 12.7. The number of ether oxygens (including phenoxy) is 2. The molecule has 0 fully saturated rings. The number of nitrogens with two attached hydrogens (primary N) is 1. The molecule has 1 atom stereocenters. The standard InChI is InChI=1S/C14H22N2O4.ClH/c1-14(2,15)13(18)16-8-12(17)9-5-10(19-3)7-11(6-9)20-4;/h5-7,12,17H,8,15H2,1-4H3,(H,16,18);1H. The molecule has 1 aromatic rings. The number of nitrogens with one attached hydrogen (secondary N) is 1. The molecule has 0 saturated heterocycles. The smallest absolute Gasteiger partial charge is 0.239 e. The molecule has 1 amide bonds. The first-order valence-corrected chi connectivity index (χ1v) is 6.26.